The highest BCUT2D eigenvalue weighted by molar-refractivity contribution is 14.1. The third-order valence-corrected chi connectivity index (χ3v) is 3.62. The van der Waals surface area contributed by atoms with Gasteiger partial charge in [0, 0.05) is 11.0 Å². The molecule has 0 radical (unpaired) electrons. The van der Waals surface area contributed by atoms with Crippen molar-refractivity contribution in [1.29, 1.82) is 0 Å². The van der Waals surface area contributed by atoms with Crippen molar-refractivity contribution in [3.05, 3.63) is 0 Å². The van der Waals surface area contributed by atoms with Gasteiger partial charge in [-0.05, 0) is 18.8 Å². The molecule has 0 rings (SSSR count). The number of unbranched alkanes of at least 4 members (excludes halogenated alkanes) is 4. The van der Waals surface area contributed by atoms with Crippen LogP contribution in [0, 0.1) is 5.92 Å². The van der Waals surface area contributed by atoms with Crippen LogP contribution in [-0.4, -0.2) is 16.1 Å². The fourth-order valence-electron chi connectivity index (χ4n) is 1.21. The molecule has 1 nitrogen and oxygen atoms in total. The molecule has 74 valence electrons. The fraction of sp³-hybridized carbons (Fsp3) is 1.00. The first-order chi connectivity index (χ1) is 5.81. The average Bonchev–Trinajstić information content (AvgIpc) is 2.10. The summed E-state index contributed by atoms with van der Waals surface area (Å²) in [6.07, 6.45) is 7.59. The van der Waals surface area contributed by atoms with Crippen molar-refractivity contribution in [1.82, 2.24) is 0 Å². The fourth-order valence-corrected chi connectivity index (χ4v) is 1.65. The maximum absolute atomic E-state index is 8.55. The summed E-state index contributed by atoms with van der Waals surface area (Å²) in [5.41, 5.74) is 0. The van der Waals surface area contributed by atoms with Crippen molar-refractivity contribution in [2.24, 2.45) is 5.92 Å². The Hall–Kier alpha value is 0.690. The summed E-state index contributed by atoms with van der Waals surface area (Å²) in [6.45, 7) is 2.68. The van der Waals surface area contributed by atoms with Crippen LogP contribution in [0.2, 0.25) is 0 Å². The van der Waals surface area contributed by atoms with Crippen molar-refractivity contribution in [3.63, 3.8) is 0 Å². The Kier molecular flexibility index (Phi) is 10.3. The van der Waals surface area contributed by atoms with Gasteiger partial charge >= 0.3 is 0 Å². The third-order valence-electron chi connectivity index (χ3n) is 2.12. The zero-order chi connectivity index (χ0) is 9.23. The lowest BCUT2D eigenvalue weighted by molar-refractivity contribution is 0.282. The Morgan fingerprint density at radius 1 is 1.08 bits per heavy atom. The van der Waals surface area contributed by atoms with E-state index in [1.165, 1.54) is 36.5 Å². The molecule has 0 heterocycles. The molecule has 12 heavy (non-hydrogen) atoms. The molecule has 0 aromatic rings. The van der Waals surface area contributed by atoms with Gasteiger partial charge in [0.25, 0.3) is 0 Å². The van der Waals surface area contributed by atoms with E-state index in [0.717, 1.165) is 12.3 Å². The van der Waals surface area contributed by atoms with Gasteiger partial charge in [0.05, 0.1) is 0 Å². The Labute approximate surface area is 90.1 Å². The molecular weight excluding hydrogens is 263 g/mol. The monoisotopic (exact) mass is 284 g/mol. The zero-order valence-corrected chi connectivity index (χ0v) is 10.2. The van der Waals surface area contributed by atoms with E-state index in [4.69, 9.17) is 5.11 Å². The summed E-state index contributed by atoms with van der Waals surface area (Å²) in [6, 6.07) is 0. The largest absolute Gasteiger partial charge is 0.396 e. The normalized spacial score (nSPS) is 13.2. The van der Waals surface area contributed by atoms with Gasteiger partial charge < -0.3 is 5.11 Å². The second-order valence-electron chi connectivity index (χ2n) is 3.54. The molecule has 1 atom stereocenters. The topological polar surface area (TPSA) is 20.2 Å². The van der Waals surface area contributed by atoms with E-state index in [9.17, 15) is 0 Å². The number of aliphatic hydroxyl groups excluding tert-OH is 1. The van der Waals surface area contributed by atoms with Gasteiger partial charge in [-0.25, -0.2) is 0 Å². The van der Waals surface area contributed by atoms with Gasteiger partial charge in [-0.1, -0.05) is 55.2 Å². The van der Waals surface area contributed by atoms with Crippen molar-refractivity contribution in [2.75, 3.05) is 11.0 Å². The number of aliphatic hydroxyl groups is 1. The Morgan fingerprint density at radius 3 is 2.25 bits per heavy atom. The SMILES string of the molecule is C[C@@H](CI)CCCCCCCO. The molecule has 0 aromatic carbocycles. The van der Waals surface area contributed by atoms with Gasteiger partial charge in [0.2, 0.25) is 0 Å². The number of hydrogen-bond acceptors (Lipinski definition) is 1. The number of halogens is 1. The molecule has 0 bridgehead atoms. The third kappa shape index (κ3) is 8.78. The van der Waals surface area contributed by atoms with Crippen LogP contribution in [0.5, 0.6) is 0 Å². The predicted molar refractivity (Wildman–Crippen MR) is 62.8 cm³/mol. The van der Waals surface area contributed by atoms with Gasteiger partial charge in [0.1, 0.15) is 0 Å². The van der Waals surface area contributed by atoms with Crippen molar-refractivity contribution < 1.29 is 5.11 Å². The Bertz CT molecular complexity index is 85.9. The van der Waals surface area contributed by atoms with Gasteiger partial charge in [-0.2, -0.15) is 0 Å². The molecule has 0 fully saturated rings. The first-order valence-corrected chi connectivity index (χ1v) is 6.50. The highest BCUT2D eigenvalue weighted by Crippen LogP contribution is 2.12. The van der Waals surface area contributed by atoms with Crippen molar-refractivity contribution in [2.45, 2.75) is 45.4 Å². The molecule has 0 saturated heterocycles. The van der Waals surface area contributed by atoms with E-state index in [1.54, 1.807) is 0 Å². The molecule has 2 heteroatoms. The summed E-state index contributed by atoms with van der Waals surface area (Å²) in [4.78, 5) is 0. The minimum absolute atomic E-state index is 0.365. The molecule has 0 amide bonds. The quantitative estimate of drug-likeness (QED) is 0.411. The molecule has 0 spiro atoms. The Morgan fingerprint density at radius 2 is 1.67 bits per heavy atom. The second kappa shape index (κ2) is 9.78. The van der Waals surface area contributed by atoms with E-state index >= 15 is 0 Å². The lowest BCUT2D eigenvalue weighted by Crippen LogP contribution is -1.94. The van der Waals surface area contributed by atoms with Crippen molar-refractivity contribution >= 4 is 22.6 Å². The second-order valence-corrected chi connectivity index (χ2v) is 4.42. The van der Waals surface area contributed by atoms with Crippen LogP contribution in [0.3, 0.4) is 0 Å². The molecule has 0 unspecified atom stereocenters. The Balaban J connectivity index is 2.90. The van der Waals surface area contributed by atoms with Crippen LogP contribution < -0.4 is 0 Å². The highest BCUT2D eigenvalue weighted by Gasteiger charge is 1.98. The maximum Gasteiger partial charge on any atom is 0.0431 e. The lowest BCUT2D eigenvalue weighted by atomic mass is 10.0. The zero-order valence-electron chi connectivity index (χ0n) is 8.06. The molecular formula is C10H21IO. The molecule has 0 saturated carbocycles. The van der Waals surface area contributed by atoms with E-state index in [-0.39, 0.29) is 0 Å². The van der Waals surface area contributed by atoms with Gasteiger partial charge in [-0.3, -0.25) is 0 Å². The van der Waals surface area contributed by atoms with Gasteiger partial charge in [-0.15, -0.1) is 0 Å². The van der Waals surface area contributed by atoms with Crippen LogP contribution >= 0.6 is 22.6 Å². The minimum Gasteiger partial charge on any atom is -0.396 e. The van der Waals surface area contributed by atoms with Crippen LogP contribution in [0.4, 0.5) is 0 Å². The maximum atomic E-state index is 8.55. The summed E-state index contributed by atoms with van der Waals surface area (Å²) in [7, 11) is 0. The number of rotatable bonds is 8. The molecule has 1 N–H and O–H groups in total. The van der Waals surface area contributed by atoms with Crippen LogP contribution in [0.15, 0.2) is 0 Å². The summed E-state index contributed by atoms with van der Waals surface area (Å²) in [5, 5.41) is 8.55. The smallest absolute Gasteiger partial charge is 0.0431 e. The van der Waals surface area contributed by atoms with E-state index in [2.05, 4.69) is 29.5 Å². The van der Waals surface area contributed by atoms with Crippen LogP contribution in [0.1, 0.15) is 45.4 Å². The minimum atomic E-state index is 0.365. The number of hydrogen-bond donors (Lipinski definition) is 1. The van der Waals surface area contributed by atoms with E-state index in [1.807, 2.05) is 0 Å². The van der Waals surface area contributed by atoms with Crippen LogP contribution in [-0.2, 0) is 0 Å². The summed E-state index contributed by atoms with van der Waals surface area (Å²) < 4.78 is 1.29. The summed E-state index contributed by atoms with van der Waals surface area (Å²) >= 11 is 2.45. The lowest BCUT2D eigenvalue weighted by Gasteiger charge is -2.06. The summed E-state index contributed by atoms with van der Waals surface area (Å²) in [5.74, 6) is 0.892. The predicted octanol–water partition coefficient (Wildman–Crippen LogP) is 3.39. The van der Waals surface area contributed by atoms with Crippen molar-refractivity contribution in [3.8, 4) is 0 Å². The molecule has 0 aliphatic carbocycles. The van der Waals surface area contributed by atoms with E-state index < -0.39 is 0 Å². The number of alkyl halides is 1. The van der Waals surface area contributed by atoms with Crippen LogP contribution in [0.25, 0.3) is 0 Å². The molecule has 0 aliphatic rings. The molecule has 0 aromatic heterocycles. The molecule has 0 aliphatic heterocycles. The highest BCUT2D eigenvalue weighted by atomic mass is 127. The standard InChI is InChI=1S/C10H21IO/c1-10(9-11)7-5-3-2-4-6-8-12/h10,12H,2-9H2,1H3/t10-/m1/s1. The first kappa shape index (κ1) is 12.7. The van der Waals surface area contributed by atoms with Gasteiger partial charge in [0.15, 0.2) is 0 Å². The first-order valence-electron chi connectivity index (χ1n) is 4.98. The average molecular weight is 284 g/mol. The van der Waals surface area contributed by atoms with E-state index in [0.29, 0.717) is 6.61 Å².